The Hall–Kier alpha value is -2.90. The van der Waals surface area contributed by atoms with E-state index < -0.39 is 12.0 Å². The van der Waals surface area contributed by atoms with Crippen LogP contribution in [0.5, 0.6) is 0 Å². The van der Waals surface area contributed by atoms with Crippen LogP contribution in [0.3, 0.4) is 0 Å². The van der Waals surface area contributed by atoms with Crippen molar-refractivity contribution in [3.63, 3.8) is 0 Å². The van der Waals surface area contributed by atoms with Gasteiger partial charge in [-0.15, -0.1) is 0 Å². The summed E-state index contributed by atoms with van der Waals surface area (Å²) in [6.45, 7) is 3.58. The molecule has 6 nitrogen and oxygen atoms in total. The first-order valence-electron chi connectivity index (χ1n) is 8.82. The second-order valence-corrected chi connectivity index (χ2v) is 8.02. The molecule has 1 aliphatic heterocycles. The van der Waals surface area contributed by atoms with Gasteiger partial charge in [0, 0.05) is 11.1 Å². The number of aryl methyl sites for hydroxylation is 1. The molecule has 0 N–H and O–H groups in total. The Bertz CT molecular complexity index is 1310. The molecule has 0 unspecified atom stereocenters. The van der Waals surface area contributed by atoms with Crippen molar-refractivity contribution in [2.75, 3.05) is 7.11 Å². The van der Waals surface area contributed by atoms with E-state index >= 15 is 0 Å². The van der Waals surface area contributed by atoms with Gasteiger partial charge < -0.3 is 9.15 Å². The predicted octanol–water partition coefficient (Wildman–Crippen LogP) is 2.96. The fraction of sp³-hybridized carbons (Fsp3) is 0.190. The zero-order valence-corrected chi connectivity index (χ0v) is 17.5. The molecule has 148 valence electrons. The number of halogens is 1. The van der Waals surface area contributed by atoms with Crippen LogP contribution in [0.25, 0.3) is 6.08 Å². The van der Waals surface area contributed by atoms with Gasteiger partial charge in [-0.2, -0.15) is 0 Å². The van der Waals surface area contributed by atoms with Crippen molar-refractivity contribution >= 4 is 35.0 Å². The van der Waals surface area contributed by atoms with E-state index in [2.05, 4.69) is 4.99 Å². The van der Waals surface area contributed by atoms with Gasteiger partial charge in [0.2, 0.25) is 0 Å². The number of aromatic nitrogens is 1. The number of esters is 1. The maximum atomic E-state index is 13.3. The Morgan fingerprint density at radius 2 is 1.97 bits per heavy atom. The molecular weight excluding hydrogens is 412 g/mol. The van der Waals surface area contributed by atoms with E-state index in [1.165, 1.54) is 23.0 Å². The summed E-state index contributed by atoms with van der Waals surface area (Å²) in [6, 6.07) is 10.0. The Labute approximate surface area is 175 Å². The van der Waals surface area contributed by atoms with Crippen LogP contribution >= 0.6 is 22.9 Å². The summed E-state index contributed by atoms with van der Waals surface area (Å²) >= 11 is 7.28. The molecule has 0 amide bonds. The molecule has 0 aliphatic carbocycles. The van der Waals surface area contributed by atoms with Gasteiger partial charge in [0.25, 0.3) is 5.56 Å². The molecule has 0 spiro atoms. The molecule has 8 heteroatoms. The highest BCUT2D eigenvalue weighted by Gasteiger charge is 2.33. The van der Waals surface area contributed by atoms with Crippen molar-refractivity contribution in [2.45, 2.75) is 19.9 Å². The van der Waals surface area contributed by atoms with Crippen LogP contribution in [0, 0.1) is 6.92 Å². The van der Waals surface area contributed by atoms with Crippen LogP contribution in [0.1, 0.15) is 30.0 Å². The average Bonchev–Trinajstić information content (AvgIpc) is 3.24. The van der Waals surface area contributed by atoms with Crippen molar-refractivity contribution in [3.8, 4) is 0 Å². The lowest BCUT2D eigenvalue weighted by atomic mass is 9.96. The number of carbonyl (C=O) groups excluding carboxylic acids is 1. The van der Waals surface area contributed by atoms with Crippen molar-refractivity contribution in [3.05, 3.63) is 89.5 Å². The lowest BCUT2D eigenvalue weighted by Crippen LogP contribution is -2.39. The van der Waals surface area contributed by atoms with Crippen molar-refractivity contribution in [1.82, 2.24) is 4.57 Å². The van der Waals surface area contributed by atoms with E-state index in [0.29, 0.717) is 31.4 Å². The third-order valence-corrected chi connectivity index (χ3v) is 5.88. The Balaban J connectivity index is 1.98. The minimum Gasteiger partial charge on any atom is -0.466 e. The number of fused-ring (bicyclic) bond motifs is 1. The van der Waals surface area contributed by atoms with Gasteiger partial charge in [-0.05, 0) is 43.7 Å². The summed E-state index contributed by atoms with van der Waals surface area (Å²) < 4.78 is 12.5. The van der Waals surface area contributed by atoms with E-state index in [1.54, 1.807) is 43.3 Å². The number of thiazole rings is 1. The number of hydrogen-bond donors (Lipinski definition) is 0. The molecule has 3 aromatic rings. The first-order chi connectivity index (χ1) is 13.9. The SMILES string of the molecule is COC(=O)C1=C(C)N=c2s/c(=C/c3ccc(C)o3)c(=O)n2[C@@H]1c1ccc(Cl)cc1. The maximum absolute atomic E-state index is 13.3. The molecular formula is C21H17ClN2O4S. The standard InChI is InChI=1S/C21H17ClN2O4S/c1-11-4-9-15(28-11)10-16-19(25)24-18(13-5-7-14(22)8-6-13)17(20(26)27-3)12(2)23-21(24)29-16/h4-10,18H,1-3H3/b16-10+/t18-/m1/s1. The van der Waals surface area contributed by atoms with Gasteiger partial charge in [0.15, 0.2) is 4.80 Å². The highest BCUT2D eigenvalue weighted by molar-refractivity contribution is 7.07. The summed E-state index contributed by atoms with van der Waals surface area (Å²) in [7, 11) is 1.31. The van der Waals surface area contributed by atoms with Crippen LogP contribution in [-0.4, -0.2) is 17.6 Å². The Kier molecular flexibility index (Phi) is 5.02. The molecule has 29 heavy (non-hydrogen) atoms. The van der Waals surface area contributed by atoms with Gasteiger partial charge in [0.1, 0.15) is 11.5 Å². The topological polar surface area (TPSA) is 73.8 Å². The van der Waals surface area contributed by atoms with Gasteiger partial charge in [-0.3, -0.25) is 9.36 Å². The van der Waals surface area contributed by atoms with E-state index in [9.17, 15) is 9.59 Å². The van der Waals surface area contributed by atoms with E-state index in [0.717, 1.165) is 11.3 Å². The number of carbonyl (C=O) groups is 1. The van der Waals surface area contributed by atoms with Gasteiger partial charge in [0.05, 0.1) is 29.0 Å². The molecule has 4 rings (SSSR count). The first kappa shape index (κ1) is 19.4. The largest absolute Gasteiger partial charge is 0.466 e. The van der Waals surface area contributed by atoms with Gasteiger partial charge in [-0.25, -0.2) is 9.79 Å². The van der Waals surface area contributed by atoms with Crippen LogP contribution in [0.15, 0.2) is 61.9 Å². The summed E-state index contributed by atoms with van der Waals surface area (Å²) in [4.78, 5) is 30.8. The number of furan rings is 1. The molecule has 0 saturated heterocycles. The fourth-order valence-electron chi connectivity index (χ4n) is 3.31. The Morgan fingerprint density at radius 3 is 2.59 bits per heavy atom. The minimum atomic E-state index is -0.656. The summed E-state index contributed by atoms with van der Waals surface area (Å²) in [5.41, 5.74) is 1.32. The molecule has 3 heterocycles. The number of nitrogens with zero attached hydrogens (tertiary/aromatic N) is 2. The second-order valence-electron chi connectivity index (χ2n) is 6.57. The van der Waals surface area contributed by atoms with Crippen molar-refractivity contribution in [1.29, 1.82) is 0 Å². The monoisotopic (exact) mass is 428 g/mol. The van der Waals surface area contributed by atoms with Crippen molar-refractivity contribution in [2.24, 2.45) is 4.99 Å². The first-order valence-corrected chi connectivity index (χ1v) is 10.0. The van der Waals surface area contributed by atoms with E-state index in [-0.39, 0.29) is 5.56 Å². The number of methoxy groups -OCH3 is 1. The summed E-state index contributed by atoms with van der Waals surface area (Å²) in [5, 5.41) is 0.565. The highest BCUT2D eigenvalue weighted by Crippen LogP contribution is 2.31. The number of ether oxygens (including phenoxy) is 1. The molecule has 1 atom stereocenters. The zero-order valence-electron chi connectivity index (χ0n) is 15.9. The quantitative estimate of drug-likeness (QED) is 0.601. The molecule has 0 fully saturated rings. The van der Waals surface area contributed by atoms with Gasteiger partial charge >= 0.3 is 5.97 Å². The molecule has 0 bridgehead atoms. The lowest BCUT2D eigenvalue weighted by Gasteiger charge is -2.24. The summed E-state index contributed by atoms with van der Waals surface area (Å²) in [6.07, 6.45) is 1.69. The smallest absolute Gasteiger partial charge is 0.338 e. The minimum absolute atomic E-state index is 0.253. The van der Waals surface area contributed by atoms with E-state index in [1.807, 2.05) is 13.0 Å². The molecule has 0 saturated carbocycles. The number of benzene rings is 1. The normalized spacial score (nSPS) is 16.6. The summed E-state index contributed by atoms with van der Waals surface area (Å²) in [5.74, 6) is 0.814. The maximum Gasteiger partial charge on any atom is 0.338 e. The highest BCUT2D eigenvalue weighted by atomic mass is 35.5. The average molecular weight is 429 g/mol. The third-order valence-electron chi connectivity index (χ3n) is 4.65. The Morgan fingerprint density at radius 1 is 1.24 bits per heavy atom. The number of allylic oxidation sites excluding steroid dienone is 1. The third kappa shape index (κ3) is 3.47. The fourth-order valence-corrected chi connectivity index (χ4v) is 4.47. The van der Waals surface area contributed by atoms with Crippen LogP contribution in [0.2, 0.25) is 5.02 Å². The van der Waals surface area contributed by atoms with Gasteiger partial charge in [-0.1, -0.05) is 35.1 Å². The number of rotatable bonds is 3. The lowest BCUT2D eigenvalue weighted by molar-refractivity contribution is -0.136. The number of hydrogen-bond acceptors (Lipinski definition) is 6. The zero-order chi connectivity index (χ0) is 20.7. The van der Waals surface area contributed by atoms with Crippen molar-refractivity contribution < 1.29 is 13.9 Å². The molecule has 2 aromatic heterocycles. The second kappa shape index (κ2) is 7.50. The van der Waals surface area contributed by atoms with Crippen LogP contribution < -0.4 is 14.9 Å². The van der Waals surface area contributed by atoms with E-state index in [4.69, 9.17) is 20.8 Å². The molecule has 1 aromatic carbocycles. The molecule has 1 aliphatic rings. The molecule has 0 radical (unpaired) electrons. The van der Waals surface area contributed by atoms with Crippen LogP contribution in [-0.2, 0) is 9.53 Å². The predicted molar refractivity (Wildman–Crippen MR) is 111 cm³/mol. The van der Waals surface area contributed by atoms with Crippen LogP contribution in [0.4, 0.5) is 0 Å².